The normalized spacial score (nSPS) is 10.6. The Labute approximate surface area is 126 Å². The number of hydrogen-bond acceptors (Lipinski definition) is 5. The number of halogens is 1. The van der Waals surface area contributed by atoms with Crippen LogP contribution in [0.4, 0.5) is 5.82 Å². The van der Waals surface area contributed by atoms with Crippen LogP contribution in [0.2, 0.25) is 5.02 Å². The van der Waals surface area contributed by atoms with Crippen molar-refractivity contribution in [2.24, 2.45) is 0 Å². The molecule has 2 aromatic heterocycles. The highest BCUT2D eigenvalue weighted by Gasteiger charge is 2.20. The fourth-order valence-corrected chi connectivity index (χ4v) is 2.30. The summed E-state index contributed by atoms with van der Waals surface area (Å²) in [6.45, 7) is 0. The molecular weight excluding hydrogens is 290 g/mol. The Balaban J connectivity index is 2.21. The molecule has 0 saturated carbocycles. The topological polar surface area (TPSA) is 74.2 Å². The van der Waals surface area contributed by atoms with Gasteiger partial charge in [0.1, 0.15) is 5.75 Å². The predicted octanol–water partition coefficient (Wildman–Crippen LogP) is 3.65. The second-order valence-corrected chi connectivity index (χ2v) is 4.79. The highest BCUT2D eigenvalue weighted by atomic mass is 35.5. The van der Waals surface area contributed by atoms with E-state index in [9.17, 15) is 0 Å². The molecule has 6 heteroatoms. The van der Waals surface area contributed by atoms with Gasteiger partial charge in [0.15, 0.2) is 11.6 Å². The second kappa shape index (κ2) is 5.46. The van der Waals surface area contributed by atoms with E-state index in [0.29, 0.717) is 27.9 Å². The molecule has 0 radical (unpaired) electrons. The number of aromatic nitrogens is 2. The van der Waals surface area contributed by atoms with Crippen molar-refractivity contribution in [1.82, 2.24) is 10.1 Å². The lowest BCUT2D eigenvalue weighted by Crippen LogP contribution is -1.91. The molecule has 0 spiro atoms. The fraction of sp³-hybridized carbons (Fsp3) is 0.0667. The molecular formula is C15H12ClN3O2. The molecule has 0 amide bonds. The van der Waals surface area contributed by atoms with Crippen molar-refractivity contribution < 1.29 is 9.26 Å². The van der Waals surface area contributed by atoms with E-state index in [4.69, 9.17) is 26.6 Å². The van der Waals surface area contributed by atoms with Crippen molar-refractivity contribution in [1.29, 1.82) is 0 Å². The monoisotopic (exact) mass is 301 g/mol. The summed E-state index contributed by atoms with van der Waals surface area (Å²) in [6.07, 6.45) is 3.37. The van der Waals surface area contributed by atoms with Gasteiger partial charge in [0.2, 0.25) is 0 Å². The van der Waals surface area contributed by atoms with Crippen LogP contribution in [-0.4, -0.2) is 17.3 Å². The summed E-state index contributed by atoms with van der Waals surface area (Å²) >= 11 is 5.99. The first-order valence-corrected chi connectivity index (χ1v) is 6.58. The molecule has 0 unspecified atom stereocenters. The third-order valence-electron chi connectivity index (χ3n) is 3.10. The number of benzene rings is 1. The zero-order valence-corrected chi connectivity index (χ0v) is 12.0. The predicted molar refractivity (Wildman–Crippen MR) is 81.1 cm³/mol. The van der Waals surface area contributed by atoms with E-state index in [1.165, 1.54) is 0 Å². The van der Waals surface area contributed by atoms with Crippen LogP contribution in [0.1, 0.15) is 0 Å². The largest absolute Gasteiger partial charge is 0.496 e. The quantitative estimate of drug-likeness (QED) is 0.799. The molecule has 0 saturated heterocycles. The van der Waals surface area contributed by atoms with Gasteiger partial charge in [-0.25, -0.2) is 0 Å². The molecule has 0 fully saturated rings. The molecule has 3 aromatic rings. The number of methoxy groups -OCH3 is 1. The molecule has 2 N–H and O–H groups in total. The lowest BCUT2D eigenvalue weighted by atomic mass is 10.0. The van der Waals surface area contributed by atoms with Crippen LogP contribution in [0, 0.1) is 0 Å². The lowest BCUT2D eigenvalue weighted by molar-refractivity contribution is 0.407. The van der Waals surface area contributed by atoms with Crippen molar-refractivity contribution in [2.45, 2.75) is 0 Å². The Kier molecular flexibility index (Phi) is 3.50. The van der Waals surface area contributed by atoms with Gasteiger partial charge in [-0.3, -0.25) is 4.98 Å². The minimum Gasteiger partial charge on any atom is -0.496 e. The number of pyridine rings is 1. The maximum absolute atomic E-state index is 5.99. The first-order valence-electron chi connectivity index (χ1n) is 6.20. The highest BCUT2D eigenvalue weighted by molar-refractivity contribution is 6.30. The average molecular weight is 302 g/mol. The second-order valence-electron chi connectivity index (χ2n) is 4.35. The van der Waals surface area contributed by atoms with Gasteiger partial charge in [-0.15, -0.1) is 0 Å². The van der Waals surface area contributed by atoms with E-state index in [2.05, 4.69) is 10.1 Å². The Bertz CT molecular complexity index is 772. The van der Waals surface area contributed by atoms with Crippen LogP contribution in [0.3, 0.4) is 0 Å². The van der Waals surface area contributed by atoms with Gasteiger partial charge in [0.05, 0.1) is 18.2 Å². The lowest BCUT2D eigenvalue weighted by Gasteiger charge is -2.08. The minimum atomic E-state index is 0.313. The smallest absolute Gasteiger partial charge is 0.180 e. The zero-order chi connectivity index (χ0) is 14.8. The summed E-state index contributed by atoms with van der Waals surface area (Å²) in [5, 5.41) is 4.44. The van der Waals surface area contributed by atoms with E-state index >= 15 is 0 Å². The maximum atomic E-state index is 5.99. The molecule has 2 heterocycles. The zero-order valence-electron chi connectivity index (χ0n) is 11.2. The van der Waals surface area contributed by atoms with Gasteiger partial charge < -0.3 is 15.0 Å². The number of rotatable bonds is 3. The summed E-state index contributed by atoms with van der Waals surface area (Å²) in [6, 6.07) is 8.97. The number of hydrogen-bond donors (Lipinski definition) is 1. The molecule has 5 nitrogen and oxygen atoms in total. The SMILES string of the molecule is COc1cc(Cl)ccc1-c1onc(N)c1-c1ccncc1. The summed E-state index contributed by atoms with van der Waals surface area (Å²) in [4.78, 5) is 4.00. The number of ether oxygens (including phenoxy) is 1. The molecule has 0 aliphatic rings. The summed E-state index contributed by atoms with van der Waals surface area (Å²) in [5.41, 5.74) is 8.25. The summed E-state index contributed by atoms with van der Waals surface area (Å²) < 4.78 is 10.8. The van der Waals surface area contributed by atoms with Crippen LogP contribution in [0.25, 0.3) is 22.5 Å². The first-order chi connectivity index (χ1) is 10.2. The van der Waals surface area contributed by atoms with Crippen LogP contribution >= 0.6 is 11.6 Å². The van der Waals surface area contributed by atoms with E-state index in [1.807, 2.05) is 18.2 Å². The minimum absolute atomic E-state index is 0.313. The third-order valence-corrected chi connectivity index (χ3v) is 3.33. The third kappa shape index (κ3) is 2.43. The number of nitrogens with two attached hydrogens (primary N) is 1. The van der Waals surface area contributed by atoms with Crippen molar-refractivity contribution in [2.75, 3.05) is 12.8 Å². The Hall–Kier alpha value is -2.53. The Morgan fingerprint density at radius 2 is 1.95 bits per heavy atom. The van der Waals surface area contributed by atoms with Gasteiger partial charge >= 0.3 is 0 Å². The Morgan fingerprint density at radius 1 is 1.19 bits per heavy atom. The number of nitrogens with zero attached hydrogens (tertiary/aromatic N) is 2. The number of nitrogen functional groups attached to an aromatic ring is 1. The number of anilines is 1. The molecule has 0 atom stereocenters. The van der Waals surface area contributed by atoms with Crippen molar-refractivity contribution in [3.63, 3.8) is 0 Å². The average Bonchev–Trinajstić information content (AvgIpc) is 2.89. The summed E-state index contributed by atoms with van der Waals surface area (Å²) in [7, 11) is 1.57. The van der Waals surface area contributed by atoms with Gasteiger partial charge in [-0.1, -0.05) is 16.8 Å². The molecule has 3 rings (SSSR count). The summed E-state index contributed by atoms with van der Waals surface area (Å²) in [5.74, 6) is 1.44. The molecule has 0 aliphatic carbocycles. The van der Waals surface area contributed by atoms with E-state index in [0.717, 1.165) is 11.1 Å². The van der Waals surface area contributed by atoms with Crippen LogP contribution < -0.4 is 10.5 Å². The van der Waals surface area contributed by atoms with Gasteiger partial charge in [0.25, 0.3) is 0 Å². The fourth-order valence-electron chi connectivity index (χ4n) is 2.14. The van der Waals surface area contributed by atoms with Crippen LogP contribution in [0.15, 0.2) is 47.2 Å². The molecule has 21 heavy (non-hydrogen) atoms. The van der Waals surface area contributed by atoms with Crippen LogP contribution in [-0.2, 0) is 0 Å². The maximum Gasteiger partial charge on any atom is 0.180 e. The van der Waals surface area contributed by atoms with E-state index < -0.39 is 0 Å². The van der Waals surface area contributed by atoms with Crippen molar-refractivity contribution in [3.05, 3.63) is 47.7 Å². The first kappa shape index (κ1) is 13.5. The highest BCUT2D eigenvalue weighted by Crippen LogP contribution is 2.41. The van der Waals surface area contributed by atoms with E-state index in [-0.39, 0.29) is 0 Å². The van der Waals surface area contributed by atoms with Crippen molar-refractivity contribution >= 4 is 17.4 Å². The standard InChI is InChI=1S/C15H12ClN3O2/c1-20-12-8-10(16)2-3-11(12)14-13(15(17)19-21-14)9-4-6-18-7-5-9/h2-8H,1H3,(H2,17,19). The van der Waals surface area contributed by atoms with Gasteiger partial charge in [0, 0.05) is 17.4 Å². The Morgan fingerprint density at radius 3 is 2.67 bits per heavy atom. The van der Waals surface area contributed by atoms with E-state index in [1.54, 1.807) is 31.6 Å². The van der Waals surface area contributed by atoms with Crippen LogP contribution in [0.5, 0.6) is 5.75 Å². The molecule has 1 aromatic carbocycles. The molecule has 106 valence electrons. The van der Waals surface area contributed by atoms with Gasteiger partial charge in [-0.2, -0.15) is 0 Å². The molecule has 0 aliphatic heterocycles. The molecule has 0 bridgehead atoms. The van der Waals surface area contributed by atoms with Crippen molar-refractivity contribution in [3.8, 4) is 28.2 Å². The van der Waals surface area contributed by atoms with Gasteiger partial charge in [-0.05, 0) is 35.9 Å².